The molecule has 0 aliphatic rings. The molecule has 146 valence electrons. The molecule has 0 spiro atoms. The lowest BCUT2D eigenvalue weighted by molar-refractivity contribution is -0.118. The fraction of sp³-hybridized carbons (Fsp3) is 0.136. The summed E-state index contributed by atoms with van der Waals surface area (Å²) in [6, 6.07) is 14.6. The standard InChI is InChI=1S/C22H18BrN3O2S/c1-13-5-3-4-6-18(13)25-20(27)14(2)26-12-24-21-19(22(26)28)17(11-29-21)15-7-9-16(23)10-8-15/h3-12,14H,1-2H3,(H,25,27). The van der Waals surface area contributed by atoms with Crippen molar-refractivity contribution in [3.05, 3.63) is 80.6 Å². The van der Waals surface area contributed by atoms with E-state index in [4.69, 9.17) is 0 Å². The predicted molar refractivity (Wildman–Crippen MR) is 122 cm³/mol. The lowest BCUT2D eigenvalue weighted by Gasteiger charge is -2.16. The monoisotopic (exact) mass is 467 g/mol. The first-order chi connectivity index (χ1) is 14.0. The van der Waals surface area contributed by atoms with Crippen molar-refractivity contribution in [1.82, 2.24) is 9.55 Å². The Kier molecular flexibility index (Phi) is 5.34. The number of fused-ring (bicyclic) bond motifs is 1. The van der Waals surface area contributed by atoms with Gasteiger partial charge >= 0.3 is 0 Å². The number of para-hydroxylation sites is 1. The van der Waals surface area contributed by atoms with Gasteiger partial charge in [0.25, 0.3) is 5.56 Å². The van der Waals surface area contributed by atoms with E-state index in [-0.39, 0.29) is 11.5 Å². The molecule has 1 N–H and O–H groups in total. The molecule has 2 aromatic heterocycles. The Bertz CT molecular complexity index is 1260. The molecule has 1 amide bonds. The molecule has 2 heterocycles. The highest BCUT2D eigenvalue weighted by atomic mass is 79.9. The number of anilines is 1. The molecule has 0 fully saturated rings. The first-order valence-electron chi connectivity index (χ1n) is 9.06. The summed E-state index contributed by atoms with van der Waals surface area (Å²) in [5.41, 5.74) is 3.24. The molecule has 4 aromatic rings. The number of nitrogens with zero attached hydrogens (tertiary/aromatic N) is 2. The maximum absolute atomic E-state index is 13.3. The third-order valence-electron chi connectivity index (χ3n) is 4.87. The number of aromatic nitrogens is 2. The van der Waals surface area contributed by atoms with Crippen molar-refractivity contribution >= 4 is 49.1 Å². The second kappa shape index (κ2) is 7.93. The van der Waals surface area contributed by atoms with Crippen LogP contribution in [0.4, 0.5) is 5.69 Å². The van der Waals surface area contributed by atoms with Crippen molar-refractivity contribution in [3.8, 4) is 11.1 Å². The number of benzene rings is 2. The fourth-order valence-corrected chi connectivity index (χ4v) is 4.31. The van der Waals surface area contributed by atoms with Crippen molar-refractivity contribution < 1.29 is 4.79 Å². The van der Waals surface area contributed by atoms with Gasteiger partial charge in [0.05, 0.1) is 11.7 Å². The molecular weight excluding hydrogens is 450 g/mol. The van der Waals surface area contributed by atoms with Gasteiger partial charge in [-0.05, 0) is 43.2 Å². The van der Waals surface area contributed by atoms with Gasteiger partial charge in [-0.1, -0.05) is 46.3 Å². The van der Waals surface area contributed by atoms with E-state index in [2.05, 4.69) is 26.2 Å². The van der Waals surface area contributed by atoms with Gasteiger partial charge in [-0.15, -0.1) is 11.3 Å². The molecule has 29 heavy (non-hydrogen) atoms. The van der Waals surface area contributed by atoms with Crippen molar-refractivity contribution in [3.63, 3.8) is 0 Å². The summed E-state index contributed by atoms with van der Waals surface area (Å²) in [6.45, 7) is 3.63. The molecule has 7 heteroatoms. The number of hydrogen-bond acceptors (Lipinski definition) is 4. The number of halogens is 1. The van der Waals surface area contributed by atoms with Crippen molar-refractivity contribution in [2.45, 2.75) is 19.9 Å². The minimum atomic E-state index is -0.698. The van der Waals surface area contributed by atoms with Gasteiger partial charge < -0.3 is 5.32 Å². The highest BCUT2D eigenvalue weighted by Crippen LogP contribution is 2.31. The SMILES string of the molecule is Cc1ccccc1NC(=O)C(C)n1cnc2scc(-c3ccc(Br)cc3)c2c1=O. The first kappa shape index (κ1) is 19.5. The molecule has 0 saturated carbocycles. The zero-order valence-corrected chi connectivity index (χ0v) is 18.3. The highest BCUT2D eigenvalue weighted by Gasteiger charge is 2.20. The summed E-state index contributed by atoms with van der Waals surface area (Å²) >= 11 is 4.86. The van der Waals surface area contributed by atoms with Crippen LogP contribution < -0.4 is 10.9 Å². The third kappa shape index (κ3) is 3.75. The van der Waals surface area contributed by atoms with Crippen LogP contribution in [0.15, 0.2) is 69.5 Å². The van der Waals surface area contributed by atoms with E-state index in [1.807, 2.05) is 60.8 Å². The van der Waals surface area contributed by atoms with Gasteiger partial charge in [0.2, 0.25) is 5.91 Å². The molecule has 1 unspecified atom stereocenters. The Morgan fingerprint density at radius 2 is 1.90 bits per heavy atom. The second-order valence-electron chi connectivity index (χ2n) is 6.77. The molecule has 4 rings (SSSR count). The summed E-state index contributed by atoms with van der Waals surface area (Å²) < 4.78 is 2.36. The fourth-order valence-electron chi connectivity index (χ4n) is 3.14. The van der Waals surface area contributed by atoms with E-state index < -0.39 is 6.04 Å². The van der Waals surface area contributed by atoms with Crippen LogP contribution in [0.1, 0.15) is 18.5 Å². The van der Waals surface area contributed by atoms with E-state index in [1.165, 1.54) is 22.2 Å². The molecule has 0 bridgehead atoms. The van der Waals surface area contributed by atoms with E-state index in [0.717, 1.165) is 26.9 Å². The van der Waals surface area contributed by atoms with Gasteiger partial charge in [-0.25, -0.2) is 4.98 Å². The quantitative estimate of drug-likeness (QED) is 0.437. The maximum atomic E-state index is 13.3. The minimum absolute atomic E-state index is 0.221. The van der Waals surface area contributed by atoms with Crippen molar-refractivity contribution in [1.29, 1.82) is 0 Å². The van der Waals surface area contributed by atoms with Crippen LogP contribution in [0.2, 0.25) is 0 Å². The van der Waals surface area contributed by atoms with Crippen LogP contribution in [-0.2, 0) is 4.79 Å². The van der Waals surface area contributed by atoms with Crippen molar-refractivity contribution in [2.24, 2.45) is 0 Å². The average Bonchev–Trinajstić information content (AvgIpc) is 3.15. The van der Waals surface area contributed by atoms with E-state index in [9.17, 15) is 9.59 Å². The van der Waals surface area contributed by atoms with Crippen LogP contribution in [0.25, 0.3) is 21.3 Å². The van der Waals surface area contributed by atoms with Crippen LogP contribution in [0.3, 0.4) is 0 Å². The maximum Gasteiger partial charge on any atom is 0.263 e. The van der Waals surface area contributed by atoms with Crippen LogP contribution in [-0.4, -0.2) is 15.5 Å². The summed E-state index contributed by atoms with van der Waals surface area (Å²) in [7, 11) is 0. The third-order valence-corrected chi connectivity index (χ3v) is 6.29. The molecule has 2 aromatic carbocycles. The Balaban J connectivity index is 1.72. The largest absolute Gasteiger partial charge is 0.324 e. The summed E-state index contributed by atoms with van der Waals surface area (Å²) in [5, 5.41) is 5.37. The number of carbonyl (C=O) groups excluding carboxylic acids is 1. The van der Waals surface area contributed by atoms with Gasteiger partial charge in [0, 0.05) is 21.1 Å². The zero-order valence-electron chi connectivity index (χ0n) is 15.8. The number of nitrogens with one attached hydrogen (secondary N) is 1. The van der Waals surface area contributed by atoms with Gasteiger partial charge in [0.1, 0.15) is 10.9 Å². The van der Waals surface area contributed by atoms with Gasteiger partial charge in [-0.3, -0.25) is 14.2 Å². The number of rotatable bonds is 4. The topological polar surface area (TPSA) is 64.0 Å². The molecule has 5 nitrogen and oxygen atoms in total. The minimum Gasteiger partial charge on any atom is -0.324 e. The molecule has 0 saturated heterocycles. The molecule has 1 atom stereocenters. The average molecular weight is 468 g/mol. The Labute approximate surface area is 180 Å². The summed E-state index contributed by atoms with van der Waals surface area (Å²) in [4.78, 5) is 31.1. The summed E-state index contributed by atoms with van der Waals surface area (Å²) in [6.07, 6.45) is 1.45. The van der Waals surface area contributed by atoms with Gasteiger partial charge in [-0.2, -0.15) is 0 Å². The Morgan fingerprint density at radius 3 is 2.62 bits per heavy atom. The van der Waals surface area contributed by atoms with E-state index in [0.29, 0.717) is 10.2 Å². The lowest BCUT2D eigenvalue weighted by atomic mass is 10.1. The molecule has 0 aliphatic carbocycles. The lowest BCUT2D eigenvalue weighted by Crippen LogP contribution is -2.31. The van der Waals surface area contributed by atoms with Crippen LogP contribution >= 0.6 is 27.3 Å². The first-order valence-corrected chi connectivity index (χ1v) is 10.7. The zero-order chi connectivity index (χ0) is 20.5. The second-order valence-corrected chi connectivity index (χ2v) is 8.55. The highest BCUT2D eigenvalue weighted by molar-refractivity contribution is 9.10. The number of aryl methyl sites for hydroxylation is 1. The Hall–Kier alpha value is -2.77. The van der Waals surface area contributed by atoms with Crippen LogP contribution in [0, 0.1) is 6.92 Å². The molecule has 0 radical (unpaired) electrons. The number of amides is 1. The van der Waals surface area contributed by atoms with Crippen LogP contribution in [0.5, 0.6) is 0 Å². The van der Waals surface area contributed by atoms with E-state index in [1.54, 1.807) is 6.92 Å². The van der Waals surface area contributed by atoms with Gasteiger partial charge in [0.15, 0.2) is 0 Å². The number of thiophene rings is 1. The summed E-state index contributed by atoms with van der Waals surface area (Å²) in [5.74, 6) is -0.261. The number of carbonyl (C=O) groups is 1. The smallest absolute Gasteiger partial charge is 0.263 e. The molecular formula is C22H18BrN3O2S. The Morgan fingerprint density at radius 1 is 1.17 bits per heavy atom. The molecule has 0 aliphatic heterocycles. The normalized spacial score (nSPS) is 12.1. The van der Waals surface area contributed by atoms with Crippen molar-refractivity contribution in [2.75, 3.05) is 5.32 Å². The van der Waals surface area contributed by atoms with E-state index >= 15 is 0 Å². The number of hydrogen-bond donors (Lipinski definition) is 1. The predicted octanol–water partition coefficient (Wildman–Crippen LogP) is 5.40.